The van der Waals surface area contributed by atoms with Gasteiger partial charge in [-0.05, 0) is 71.8 Å². The van der Waals surface area contributed by atoms with E-state index in [4.69, 9.17) is 19.4 Å². The molecule has 0 aliphatic carbocycles. The monoisotopic (exact) mass is 676 g/mol. The Morgan fingerprint density at radius 3 is 2.02 bits per heavy atom. The number of para-hydroxylation sites is 1. The predicted octanol–water partition coefficient (Wildman–Crippen LogP) is 11.2. The van der Waals surface area contributed by atoms with E-state index in [0.29, 0.717) is 23.2 Å². The third-order valence-corrected chi connectivity index (χ3v) is 10.7. The Balaban J connectivity index is 1.19. The molecule has 0 saturated carbocycles. The normalized spacial score (nSPS) is 12.1. The first-order chi connectivity index (χ1) is 26.2. The van der Waals surface area contributed by atoms with E-state index in [1.165, 1.54) is 16.3 Å². The van der Waals surface area contributed by atoms with Gasteiger partial charge in [0.1, 0.15) is 11.2 Å². The molecule has 53 heavy (non-hydrogen) atoms. The molecule has 0 aliphatic heterocycles. The highest BCUT2D eigenvalue weighted by molar-refractivity contribution is 6.36. The van der Waals surface area contributed by atoms with Gasteiger partial charge < -0.3 is 8.82 Å². The van der Waals surface area contributed by atoms with Crippen molar-refractivity contribution in [3.8, 4) is 45.9 Å². The van der Waals surface area contributed by atoms with Crippen molar-refractivity contribution < 1.29 is 4.42 Å². The number of rotatable bonds is 4. The van der Waals surface area contributed by atoms with Crippen LogP contribution in [0.2, 0.25) is 0 Å². The highest BCUT2D eigenvalue weighted by atomic mass is 16.3. The molecule has 12 rings (SSSR count). The number of benzene rings is 7. The summed E-state index contributed by atoms with van der Waals surface area (Å²) in [7, 11) is 0. The topological polar surface area (TPSA) is 84.9 Å². The first kappa shape index (κ1) is 28.2. The molecular weight excluding hydrogens is 653 g/mol. The van der Waals surface area contributed by atoms with E-state index in [2.05, 4.69) is 93.9 Å². The molecule has 5 heterocycles. The van der Waals surface area contributed by atoms with Crippen molar-refractivity contribution in [2.24, 2.45) is 0 Å². The summed E-state index contributed by atoms with van der Waals surface area (Å²) < 4.78 is 11.2. The van der Waals surface area contributed by atoms with Crippen molar-refractivity contribution in [1.82, 2.24) is 23.9 Å². The van der Waals surface area contributed by atoms with Crippen LogP contribution in [0.1, 0.15) is 5.56 Å². The molecule has 5 aromatic heterocycles. The molecule has 0 fully saturated rings. The predicted molar refractivity (Wildman–Crippen MR) is 211 cm³/mol. The molecule has 12 aromatic rings. The zero-order valence-corrected chi connectivity index (χ0v) is 27.9. The molecule has 7 nitrogen and oxygen atoms in total. The maximum Gasteiger partial charge on any atom is 0.238 e. The van der Waals surface area contributed by atoms with Crippen LogP contribution in [-0.2, 0) is 0 Å². The molecule has 0 amide bonds. The number of nitriles is 1. The number of hydrogen-bond acceptors (Lipinski definition) is 5. The molecule has 0 aliphatic rings. The lowest BCUT2D eigenvalue weighted by molar-refractivity contribution is 0.669. The largest absolute Gasteiger partial charge is 0.456 e. The third-order valence-electron chi connectivity index (χ3n) is 10.7. The van der Waals surface area contributed by atoms with Crippen molar-refractivity contribution in [3.63, 3.8) is 0 Å². The Morgan fingerprint density at radius 2 is 1.15 bits per heavy atom. The molecule has 0 spiro atoms. The van der Waals surface area contributed by atoms with Gasteiger partial charge >= 0.3 is 0 Å². The van der Waals surface area contributed by atoms with E-state index in [1.807, 2.05) is 66.7 Å². The average molecular weight is 677 g/mol. The van der Waals surface area contributed by atoms with Gasteiger partial charge in [-0.2, -0.15) is 15.2 Å². The molecule has 0 saturated heterocycles. The average Bonchev–Trinajstić information content (AvgIpc) is 3.85. The summed E-state index contributed by atoms with van der Waals surface area (Å²) >= 11 is 0. The van der Waals surface area contributed by atoms with Crippen LogP contribution in [-0.4, -0.2) is 23.9 Å². The van der Waals surface area contributed by atoms with Crippen molar-refractivity contribution in [2.75, 3.05) is 0 Å². The number of aromatic nitrogens is 5. The standard InChI is InChI=1S/C46H24N6O/c47-25-26-16-18-27(19-17-26)29-10-6-11-30(24-29)45-48-44(28-8-2-1-3-9-28)49-46(50-45)52-35-15-7-14-34-39(35)40-36(52)21-23-37-41(40)42-38(53-37)22-20-32-31-12-4-5-13-33(31)51(34)43(32)42/h1-24H. The fraction of sp³-hybridized carbons (Fsp3) is 0. The lowest BCUT2D eigenvalue weighted by Crippen LogP contribution is -2.06. The second kappa shape index (κ2) is 10.3. The van der Waals surface area contributed by atoms with Crippen LogP contribution in [0.15, 0.2) is 150 Å². The van der Waals surface area contributed by atoms with Crippen molar-refractivity contribution in [2.45, 2.75) is 0 Å². The van der Waals surface area contributed by atoms with Crippen molar-refractivity contribution in [1.29, 1.82) is 5.26 Å². The lowest BCUT2D eigenvalue weighted by Gasteiger charge is -2.12. The minimum atomic E-state index is 0.533. The van der Waals surface area contributed by atoms with E-state index in [0.717, 1.165) is 77.0 Å². The summed E-state index contributed by atoms with van der Waals surface area (Å²) in [5.41, 5.74) is 11.6. The van der Waals surface area contributed by atoms with Gasteiger partial charge in [-0.15, -0.1) is 0 Å². The Labute approximate surface area is 300 Å². The lowest BCUT2D eigenvalue weighted by atomic mass is 10.0. The van der Waals surface area contributed by atoms with Crippen LogP contribution in [0.4, 0.5) is 0 Å². The second-order valence-electron chi connectivity index (χ2n) is 13.5. The maximum absolute atomic E-state index is 9.34. The molecule has 0 radical (unpaired) electrons. The summed E-state index contributed by atoms with van der Waals surface area (Å²) in [6.45, 7) is 0. The number of hydrogen-bond donors (Lipinski definition) is 0. The van der Waals surface area contributed by atoms with Gasteiger partial charge in [0.15, 0.2) is 11.6 Å². The first-order valence-corrected chi connectivity index (χ1v) is 17.5. The number of furan rings is 1. The zero-order chi connectivity index (χ0) is 34.8. The summed E-state index contributed by atoms with van der Waals surface area (Å²) in [6, 6.07) is 51.8. The molecule has 0 bridgehead atoms. The fourth-order valence-corrected chi connectivity index (χ4v) is 8.47. The van der Waals surface area contributed by atoms with Crippen LogP contribution >= 0.6 is 0 Å². The number of fused-ring (bicyclic) bond motifs is 4. The molecule has 244 valence electrons. The van der Waals surface area contributed by atoms with Crippen LogP contribution in [0, 0.1) is 11.3 Å². The van der Waals surface area contributed by atoms with Gasteiger partial charge in [-0.25, -0.2) is 4.98 Å². The van der Waals surface area contributed by atoms with Gasteiger partial charge in [-0.3, -0.25) is 4.57 Å². The molecule has 7 heteroatoms. The van der Waals surface area contributed by atoms with Gasteiger partial charge in [0.05, 0.1) is 44.6 Å². The van der Waals surface area contributed by atoms with E-state index in [1.54, 1.807) is 0 Å². The maximum atomic E-state index is 9.34. The first-order valence-electron chi connectivity index (χ1n) is 17.5. The fourth-order valence-electron chi connectivity index (χ4n) is 8.47. The van der Waals surface area contributed by atoms with Crippen molar-refractivity contribution >= 4 is 71.1 Å². The highest BCUT2D eigenvalue weighted by Crippen LogP contribution is 2.48. The number of nitrogens with zero attached hydrogens (tertiary/aromatic N) is 6. The molecule has 7 aromatic carbocycles. The highest BCUT2D eigenvalue weighted by Gasteiger charge is 2.27. The zero-order valence-electron chi connectivity index (χ0n) is 27.9. The van der Waals surface area contributed by atoms with Gasteiger partial charge in [-0.1, -0.05) is 84.9 Å². The molecule has 0 N–H and O–H groups in total. The van der Waals surface area contributed by atoms with Gasteiger partial charge in [0.2, 0.25) is 5.95 Å². The molecule has 0 atom stereocenters. The summed E-state index contributed by atoms with van der Waals surface area (Å²) in [5.74, 6) is 1.69. The van der Waals surface area contributed by atoms with E-state index < -0.39 is 0 Å². The van der Waals surface area contributed by atoms with Crippen LogP contribution in [0.25, 0.3) is 111 Å². The Bertz CT molecular complexity index is 3460. The SMILES string of the molecule is N#Cc1ccc(-c2cccc(-c3nc(-c4ccccc4)nc(-n4c5ccc6oc7ccc8c9ccccc9n9c%10cccc4c%10c5c6c7c89)n3)c2)cc1. The quantitative estimate of drug-likeness (QED) is 0.185. The van der Waals surface area contributed by atoms with Crippen LogP contribution < -0.4 is 0 Å². The van der Waals surface area contributed by atoms with E-state index in [-0.39, 0.29) is 0 Å². The summed E-state index contributed by atoms with van der Waals surface area (Å²) in [5, 5.41) is 16.2. The molecular formula is C46H24N6O. The van der Waals surface area contributed by atoms with Crippen LogP contribution in [0.3, 0.4) is 0 Å². The van der Waals surface area contributed by atoms with E-state index in [9.17, 15) is 5.26 Å². The Morgan fingerprint density at radius 1 is 0.472 bits per heavy atom. The van der Waals surface area contributed by atoms with Gasteiger partial charge in [0, 0.05) is 38.1 Å². The second-order valence-corrected chi connectivity index (χ2v) is 13.5. The third kappa shape index (κ3) is 3.78. The van der Waals surface area contributed by atoms with E-state index >= 15 is 0 Å². The van der Waals surface area contributed by atoms with Crippen LogP contribution in [0.5, 0.6) is 0 Å². The minimum Gasteiger partial charge on any atom is -0.456 e. The minimum absolute atomic E-state index is 0.533. The Hall–Kier alpha value is -7.56. The summed E-state index contributed by atoms with van der Waals surface area (Å²) in [4.78, 5) is 15.5. The molecule has 0 unspecified atom stereocenters. The smallest absolute Gasteiger partial charge is 0.238 e. The van der Waals surface area contributed by atoms with Crippen molar-refractivity contribution in [3.05, 3.63) is 151 Å². The summed E-state index contributed by atoms with van der Waals surface area (Å²) in [6.07, 6.45) is 0. The van der Waals surface area contributed by atoms with Gasteiger partial charge in [0.25, 0.3) is 0 Å². The Kier molecular flexibility index (Phi) is 5.45.